The van der Waals surface area contributed by atoms with E-state index < -0.39 is 17.2 Å². The lowest BCUT2D eigenvalue weighted by Crippen LogP contribution is -2.25. The zero-order valence-electron chi connectivity index (χ0n) is 36.2. The minimum atomic E-state index is -3.99. The molecule has 0 saturated heterocycles. The van der Waals surface area contributed by atoms with Gasteiger partial charge in [0, 0.05) is 82.4 Å². The fourth-order valence-corrected chi connectivity index (χ4v) is 7.24. The van der Waals surface area contributed by atoms with Crippen LogP contribution in [0.2, 0.25) is 0 Å². The maximum absolute atomic E-state index is 12.6. The number of terminal acetylenes is 1. The van der Waals surface area contributed by atoms with Gasteiger partial charge in [-0.3, -0.25) is 28.2 Å². The molecule has 0 fully saturated rings. The van der Waals surface area contributed by atoms with Gasteiger partial charge in [0.25, 0.3) is 10.1 Å². The summed E-state index contributed by atoms with van der Waals surface area (Å²) in [5.41, 5.74) is 1.28. The molecule has 0 spiro atoms. The van der Waals surface area contributed by atoms with Crippen molar-refractivity contribution < 1.29 is 60.8 Å². The summed E-state index contributed by atoms with van der Waals surface area (Å²) in [7, 11) is -5.52. The number of carbonyl (C=O) groups excluding carboxylic acids is 5. The van der Waals surface area contributed by atoms with Crippen molar-refractivity contribution in [2.45, 2.75) is 133 Å². The lowest BCUT2D eigenvalue weighted by Gasteiger charge is -2.14. The van der Waals surface area contributed by atoms with Crippen molar-refractivity contribution in [3.63, 3.8) is 0 Å². The Morgan fingerprint density at radius 3 is 1.97 bits per heavy atom. The van der Waals surface area contributed by atoms with Crippen LogP contribution < -0.4 is 10.6 Å². The summed E-state index contributed by atoms with van der Waals surface area (Å²) in [6, 6.07) is 5.76. The third-order valence-electron chi connectivity index (χ3n) is 9.80. The monoisotopic (exact) mass is 886 g/mol. The number of amides is 2. The van der Waals surface area contributed by atoms with Crippen LogP contribution in [0.5, 0.6) is 0 Å². The minimum Gasteiger partial charge on any atom is -0.423 e. The van der Waals surface area contributed by atoms with Crippen LogP contribution in [0.4, 0.5) is 0 Å². The van der Waals surface area contributed by atoms with E-state index in [1.807, 2.05) is 6.08 Å². The predicted octanol–water partition coefficient (Wildman–Crippen LogP) is 5.27. The standard InChI is InChI=1S/C45H67BN2O13S/c1-2-3-11-30-61-62(56,57)42-21-13-16-37(35-42)43(51)22-10-7-9-20-40(49)23-25-44(52)47-27-15-29-59-32-34-60-33-31-58-28-12-6-4-5-8-19-41(50)24-26-45(53)48-39-18-14-17-38(36-39)46(54)55/h1,13,16,18,21,35-36,54-55H,3-12,14-15,17,19-20,22-34H2,(H,47,52)(H,48,53). The van der Waals surface area contributed by atoms with Crippen LogP contribution in [0.15, 0.2) is 52.5 Å². The molecule has 2 rings (SSSR count). The first kappa shape index (κ1) is 54.1. The van der Waals surface area contributed by atoms with E-state index in [9.17, 15) is 42.4 Å². The van der Waals surface area contributed by atoms with E-state index in [1.54, 1.807) is 12.1 Å². The van der Waals surface area contributed by atoms with Gasteiger partial charge in [0.15, 0.2) is 5.78 Å². The van der Waals surface area contributed by atoms with Crippen molar-refractivity contribution in [2.75, 3.05) is 52.8 Å². The molecule has 17 heteroatoms. The van der Waals surface area contributed by atoms with Crippen molar-refractivity contribution in [1.82, 2.24) is 10.6 Å². The maximum atomic E-state index is 12.6. The Balaban J connectivity index is 1.33. The van der Waals surface area contributed by atoms with Gasteiger partial charge in [-0.25, -0.2) is 0 Å². The van der Waals surface area contributed by atoms with Gasteiger partial charge in [0.2, 0.25) is 11.8 Å². The second-order valence-electron chi connectivity index (χ2n) is 15.1. The zero-order valence-corrected chi connectivity index (χ0v) is 37.0. The Morgan fingerprint density at radius 2 is 1.29 bits per heavy atom. The molecule has 1 aromatic carbocycles. The summed E-state index contributed by atoms with van der Waals surface area (Å²) >= 11 is 0. The first-order valence-corrected chi connectivity index (χ1v) is 23.4. The van der Waals surface area contributed by atoms with Gasteiger partial charge in [-0.05, 0) is 75.0 Å². The van der Waals surface area contributed by atoms with Crippen LogP contribution in [-0.4, -0.2) is 108 Å². The lowest BCUT2D eigenvalue weighted by atomic mass is 9.74. The summed E-state index contributed by atoms with van der Waals surface area (Å²) < 4.78 is 46.4. The van der Waals surface area contributed by atoms with Gasteiger partial charge in [-0.15, -0.1) is 12.3 Å². The summed E-state index contributed by atoms with van der Waals surface area (Å²) in [6.07, 6.45) is 19.2. The van der Waals surface area contributed by atoms with Gasteiger partial charge >= 0.3 is 7.12 Å². The SMILES string of the molecule is C#CCCCOS(=O)(=O)c1cccc(C(=O)CCCCCC(=O)CCC(=O)NCCCOCCOCCOCCCCCCCC(=O)CCC(=O)NC2=CCCC(B(O)O)=C2)c1. The van der Waals surface area contributed by atoms with Gasteiger partial charge in [0.05, 0.1) is 37.9 Å². The molecule has 15 nitrogen and oxygen atoms in total. The van der Waals surface area contributed by atoms with Crippen LogP contribution in [0.25, 0.3) is 0 Å². The predicted molar refractivity (Wildman–Crippen MR) is 235 cm³/mol. The lowest BCUT2D eigenvalue weighted by molar-refractivity contribution is -0.125. The molecule has 1 aliphatic carbocycles. The Labute approximate surface area is 368 Å². The molecule has 0 heterocycles. The number of ketones is 3. The number of benzene rings is 1. The largest absolute Gasteiger partial charge is 0.484 e. The highest BCUT2D eigenvalue weighted by Gasteiger charge is 2.19. The molecule has 0 bridgehead atoms. The molecular weight excluding hydrogens is 819 g/mol. The van der Waals surface area contributed by atoms with E-state index >= 15 is 0 Å². The average Bonchev–Trinajstić information content (AvgIpc) is 3.25. The number of nitrogens with one attached hydrogen (secondary N) is 2. The van der Waals surface area contributed by atoms with Crippen molar-refractivity contribution in [3.05, 3.63) is 53.2 Å². The Morgan fingerprint density at radius 1 is 0.694 bits per heavy atom. The molecule has 0 unspecified atom stereocenters. The number of hydrogen-bond donors (Lipinski definition) is 4. The molecule has 62 heavy (non-hydrogen) atoms. The number of carbonyl (C=O) groups is 5. The second kappa shape index (κ2) is 33.5. The number of rotatable bonds is 38. The molecule has 1 aliphatic rings. The zero-order chi connectivity index (χ0) is 45.3. The average molecular weight is 887 g/mol. The molecule has 1 aromatic rings. The van der Waals surface area contributed by atoms with E-state index in [1.165, 1.54) is 18.2 Å². The van der Waals surface area contributed by atoms with E-state index in [4.69, 9.17) is 24.8 Å². The van der Waals surface area contributed by atoms with Crippen LogP contribution in [-0.2, 0) is 47.7 Å². The fourth-order valence-electron chi connectivity index (χ4n) is 6.25. The summed E-state index contributed by atoms with van der Waals surface area (Å²) in [6.45, 7) is 3.36. The summed E-state index contributed by atoms with van der Waals surface area (Å²) in [4.78, 5) is 61.2. The van der Waals surface area contributed by atoms with E-state index in [0.717, 1.165) is 32.1 Å². The Hall–Kier alpha value is -4.02. The third-order valence-corrected chi connectivity index (χ3v) is 11.1. The molecule has 4 N–H and O–H groups in total. The summed E-state index contributed by atoms with van der Waals surface area (Å²) in [5, 5.41) is 24.1. The Kier molecular flexibility index (Phi) is 29.3. The smallest absolute Gasteiger partial charge is 0.423 e. The van der Waals surface area contributed by atoms with Gasteiger partial charge in [-0.2, -0.15) is 8.42 Å². The number of Topliss-reactive ketones (excluding diaryl/α,β-unsaturated/α-hetero) is 3. The summed E-state index contributed by atoms with van der Waals surface area (Å²) in [5.74, 6) is 1.84. The quantitative estimate of drug-likeness (QED) is 0.0219. The van der Waals surface area contributed by atoms with Gasteiger partial charge in [0.1, 0.15) is 11.6 Å². The first-order valence-electron chi connectivity index (χ1n) is 22.0. The van der Waals surface area contributed by atoms with Crippen LogP contribution in [0.1, 0.15) is 139 Å². The molecule has 0 saturated carbocycles. The molecule has 344 valence electrons. The van der Waals surface area contributed by atoms with E-state index in [-0.39, 0.29) is 78.3 Å². The maximum Gasteiger partial charge on any atom is 0.484 e. The molecule has 0 atom stereocenters. The number of ether oxygens (including phenoxy) is 3. The topological polar surface area (TPSA) is 221 Å². The highest BCUT2D eigenvalue weighted by molar-refractivity contribution is 7.86. The Bertz CT molecular complexity index is 1740. The van der Waals surface area contributed by atoms with Crippen molar-refractivity contribution in [1.29, 1.82) is 0 Å². The fraction of sp³-hybridized carbons (Fsp3) is 0.622. The van der Waals surface area contributed by atoms with Crippen LogP contribution in [0, 0.1) is 12.3 Å². The van der Waals surface area contributed by atoms with Crippen LogP contribution >= 0.6 is 0 Å². The van der Waals surface area contributed by atoms with Gasteiger partial charge in [-0.1, -0.05) is 43.9 Å². The molecule has 2 amide bonds. The van der Waals surface area contributed by atoms with Crippen molar-refractivity contribution in [3.8, 4) is 12.3 Å². The first-order chi connectivity index (χ1) is 29.9. The highest BCUT2D eigenvalue weighted by Crippen LogP contribution is 2.19. The molecule has 0 aromatic heterocycles. The highest BCUT2D eigenvalue weighted by atomic mass is 32.2. The van der Waals surface area contributed by atoms with E-state index in [0.29, 0.717) is 122 Å². The second-order valence-corrected chi connectivity index (χ2v) is 16.7. The van der Waals surface area contributed by atoms with E-state index in [2.05, 4.69) is 16.6 Å². The van der Waals surface area contributed by atoms with Crippen molar-refractivity contribution >= 4 is 46.4 Å². The number of allylic oxidation sites excluding steroid dienone is 3. The van der Waals surface area contributed by atoms with Crippen molar-refractivity contribution in [2.24, 2.45) is 0 Å². The normalized spacial score (nSPS) is 12.5. The van der Waals surface area contributed by atoms with Crippen LogP contribution in [0.3, 0.4) is 0 Å². The number of hydrogen-bond acceptors (Lipinski definition) is 13. The molecule has 0 aliphatic heterocycles. The minimum absolute atomic E-state index is 0.00863. The van der Waals surface area contributed by atoms with Gasteiger partial charge < -0.3 is 34.9 Å². The third kappa shape index (κ3) is 26.5. The molecule has 0 radical (unpaired) electrons. The molecular formula is C45H67BN2O13S. The number of unbranched alkanes of at least 4 members (excludes halogenated alkanes) is 7.